The minimum Gasteiger partial charge on any atom is -0.323 e. The van der Waals surface area contributed by atoms with E-state index < -0.39 is 0 Å². The van der Waals surface area contributed by atoms with Crippen molar-refractivity contribution in [2.45, 2.75) is 39.0 Å². The van der Waals surface area contributed by atoms with E-state index in [9.17, 15) is 4.79 Å². The number of para-hydroxylation sites is 1. The van der Waals surface area contributed by atoms with Crippen molar-refractivity contribution in [3.63, 3.8) is 0 Å². The molecule has 0 aliphatic carbocycles. The third kappa shape index (κ3) is 4.61. The van der Waals surface area contributed by atoms with Gasteiger partial charge in [-0.25, -0.2) is 4.68 Å². The second kappa shape index (κ2) is 8.44. The molecule has 3 aromatic rings. The van der Waals surface area contributed by atoms with Crippen molar-refractivity contribution in [2.24, 2.45) is 0 Å². The van der Waals surface area contributed by atoms with Gasteiger partial charge >= 0.3 is 0 Å². The van der Waals surface area contributed by atoms with Gasteiger partial charge in [0.2, 0.25) is 5.91 Å². The van der Waals surface area contributed by atoms with Crippen LogP contribution in [0.1, 0.15) is 28.9 Å². The Balaban J connectivity index is 1.61. The summed E-state index contributed by atoms with van der Waals surface area (Å²) in [6.45, 7) is 8.12. The first kappa shape index (κ1) is 19.2. The van der Waals surface area contributed by atoms with E-state index in [0.29, 0.717) is 6.42 Å². The van der Waals surface area contributed by atoms with Crippen LogP contribution in [0.2, 0.25) is 0 Å². The van der Waals surface area contributed by atoms with Gasteiger partial charge in [-0.15, -0.1) is 11.8 Å². The van der Waals surface area contributed by atoms with Gasteiger partial charge in [0.15, 0.2) is 0 Å². The van der Waals surface area contributed by atoms with E-state index in [-0.39, 0.29) is 5.91 Å². The second-order valence-corrected chi connectivity index (χ2v) is 7.85. The molecule has 0 aliphatic heterocycles. The number of nitrogens with one attached hydrogen (secondary N) is 1. The minimum atomic E-state index is 0.0187. The number of nitrogens with zero attached hydrogens (tertiary/aromatic N) is 2. The number of carbonyl (C=O) groups is 1. The normalized spacial score (nSPS) is 10.8. The maximum absolute atomic E-state index is 12.4. The third-order valence-corrected chi connectivity index (χ3v) is 5.63. The van der Waals surface area contributed by atoms with Crippen LogP contribution in [-0.2, 0) is 4.79 Å². The molecule has 0 bridgehead atoms. The monoisotopic (exact) mass is 379 g/mol. The Morgan fingerprint density at radius 2 is 1.78 bits per heavy atom. The second-order valence-electron chi connectivity index (χ2n) is 6.69. The molecule has 140 valence electrons. The molecule has 3 rings (SSSR count). The summed E-state index contributed by atoms with van der Waals surface area (Å²) in [4.78, 5) is 13.6. The number of anilines is 1. The minimum absolute atomic E-state index is 0.0187. The van der Waals surface area contributed by atoms with E-state index >= 15 is 0 Å². The van der Waals surface area contributed by atoms with E-state index in [2.05, 4.69) is 42.5 Å². The highest BCUT2D eigenvalue weighted by Crippen LogP contribution is 2.24. The van der Waals surface area contributed by atoms with Gasteiger partial charge in [-0.1, -0.05) is 24.3 Å². The summed E-state index contributed by atoms with van der Waals surface area (Å²) < 4.78 is 1.87. The molecule has 0 aliphatic rings. The summed E-state index contributed by atoms with van der Waals surface area (Å²) in [6.07, 6.45) is 0.465. The first-order chi connectivity index (χ1) is 13.0. The Morgan fingerprint density at radius 1 is 1.04 bits per heavy atom. The molecule has 0 saturated heterocycles. The lowest BCUT2D eigenvalue weighted by Gasteiger charge is -2.08. The lowest BCUT2D eigenvalue weighted by atomic mass is 10.1. The number of hydrogen-bond donors (Lipinski definition) is 1. The van der Waals surface area contributed by atoms with Crippen molar-refractivity contribution in [2.75, 3.05) is 11.1 Å². The van der Waals surface area contributed by atoms with Crippen molar-refractivity contribution in [1.29, 1.82) is 0 Å². The molecule has 1 aromatic heterocycles. The molecular weight excluding hydrogens is 354 g/mol. The third-order valence-electron chi connectivity index (χ3n) is 4.63. The van der Waals surface area contributed by atoms with Gasteiger partial charge in [-0.2, -0.15) is 5.10 Å². The van der Waals surface area contributed by atoms with Gasteiger partial charge in [-0.05, 0) is 63.1 Å². The predicted octanol–water partition coefficient (Wildman–Crippen LogP) is 5.23. The summed E-state index contributed by atoms with van der Waals surface area (Å²) in [6, 6.07) is 16.4. The van der Waals surface area contributed by atoms with E-state index in [1.807, 2.05) is 48.9 Å². The first-order valence-electron chi connectivity index (χ1n) is 9.07. The Kier molecular flexibility index (Phi) is 6.01. The fourth-order valence-corrected chi connectivity index (χ4v) is 3.86. The molecule has 1 N–H and O–H groups in total. The Hall–Kier alpha value is -2.53. The number of thioether (sulfide) groups is 1. The van der Waals surface area contributed by atoms with E-state index in [1.165, 1.54) is 16.0 Å². The number of hydrogen-bond acceptors (Lipinski definition) is 3. The fraction of sp³-hybridized carbons (Fsp3) is 0.273. The van der Waals surface area contributed by atoms with Gasteiger partial charge in [0, 0.05) is 17.1 Å². The molecule has 0 fully saturated rings. The summed E-state index contributed by atoms with van der Waals surface area (Å²) in [5.74, 6) is 0.768. The zero-order valence-corrected chi connectivity index (χ0v) is 17.1. The predicted molar refractivity (Wildman–Crippen MR) is 113 cm³/mol. The molecule has 5 heteroatoms. The standard InChI is InChI=1S/C22H25N3OS/c1-15-10-11-20(14-16(15)2)27-13-12-21(26)23-22-17(3)24-25(18(22)4)19-8-6-5-7-9-19/h5-11,14H,12-13H2,1-4H3,(H,23,26). The van der Waals surface area contributed by atoms with Crippen molar-refractivity contribution in [3.05, 3.63) is 71.0 Å². The van der Waals surface area contributed by atoms with Gasteiger partial charge in [0.05, 0.1) is 22.8 Å². The average Bonchev–Trinajstić information content (AvgIpc) is 2.93. The molecule has 0 radical (unpaired) electrons. The van der Waals surface area contributed by atoms with Crippen LogP contribution < -0.4 is 5.32 Å². The summed E-state index contributed by atoms with van der Waals surface area (Å²) >= 11 is 1.71. The highest BCUT2D eigenvalue weighted by Gasteiger charge is 2.15. The number of aryl methyl sites for hydroxylation is 3. The van der Waals surface area contributed by atoms with Crippen LogP contribution in [0.25, 0.3) is 5.69 Å². The molecule has 4 nitrogen and oxygen atoms in total. The van der Waals surface area contributed by atoms with E-state index in [0.717, 1.165) is 28.5 Å². The molecule has 0 atom stereocenters. The van der Waals surface area contributed by atoms with Crippen LogP contribution >= 0.6 is 11.8 Å². The van der Waals surface area contributed by atoms with Crippen molar-refractivity contribution in [1.82, 2.24) is 9.78 Å². The summed E-state index contributed by atoms with van der Waals surface area (Å²) in [5.41, 5.74) is 6.13. The highest BCUT2D eigenvalue weighted by molar-refractivity contribution is 7.99. The topological polar surface area (TPSA) is 46.9 Å². The van der Waals surface area contributed by atoms with Crippen LogP contribution in [0.4, 0.5) is 5.69 Å². The number of carbonyl (C=O) groups excluding carboxylic acids is 1. The molecule has 1 heterocycles. The quantitative estimate of drug-likeness (QED) is 0.597. The van der Waals surface area contributed by atoms with E-state index in [4.69, 9.17) is 0 Å². The molecule has 1 amide bonds. The SMILES string of the molecule is Cc1ccc(SCCC(=O)Nc2c(C)nn(-c3ccccc3)c2C)cc1C. The molecule has 2 aromatic carbocycles. The summed E-state index contributed by atoms with van der Waals surface area (Å²) in [5, 5.41) is 7.62. The number of aromatic nitrogens is 2. The maximum atomic E-state index is 12.4. The molecule has 27 heavy (non-hydrogen) atoms. The fourth-order valence-electron chi connectivity index (χ4n) is 2.91. The van der Waals surface area contributed by atoms with Crippen molar-refractivity contribution < 1.29 is 4.79 Å². The van der Waals surface area contributed by atoms with Crippen molar-refractivity contribution in [3.8, 4) is 5.69 Å². The lowest BCUT2D eigenvalue weighted by Crippen LogP contribution is -2.13. The molecule has 0 saturated carbocycles. The zero-order chi connectivity index (χ0) is 19.4. The Labute approximate surface area is 165 Å². The molecule has 0 spiro atoms. The molecular formula is C22H25N3OS. The van der Waals surface area contributed by atoms with Crippen LogP contribution in [0.5, 0.6) is 0 Å². The number of amides is 1. The Bertz CT molecular complexity index is 948. The van der Waals surface area contributed by atoms with Gasteiger partial charge in [0.1, 0.15) is 0 Å². The van der Waals surface area contributed by atoms with Crippen LogP contribution in [0, 0.1) is 27.7 Å². The smallest absolute Gasteiger partial charge is 0.225 e. The van der Waals surface area contributed by atoms with Gasteiger partial charge in [0.25, 0.3) is 0 Å². The largest absolute Gasteiger partial charge is 0.323 e. The number of benzene rings is 2. The van der Waals surface area contributed by atoms with Gasteiger partial charge in [-0.3, -0.25) is 4.79 Å². The van der Waals surface area contributed by atoms with Crippen LogP contribution in [-0.4, -0.2) is 21.4 Å². The average molecular weight is 380 g/mol. The molecule has 0 unspecified atom stereocenters. The van der Waals surface area contributed by atoms with Crippen molar-refractivity contribution >= 4 is 23.4 Å². The van der Waals surface area contributed by atoms with Gasteiger partial charge < -0.3 is 5.32 Å². The zero-order valence-electron chi connectivity index (χ0n) is 16.2. The maximum Gasteiger partial charge on any atom is 0.225 e. The number of rotatable bonds is 6. The lowest BCUT2D eigenvalue weighted by molar-refractivity contribution is -0.115. The highest BCUT2D eigenvalue weighted by atomic mass is 32.2. The van der Waals surface area contributed by atoms with Crippen LogP contribution in [0.3, 0.4) is 0 Å². The first-order valence-corrected chi connectivity index (χ1v) is 10.1. The van der Waals surface area contributed by atoms with E-state index in [1.54, 1.807) is 11.8 Å². The van der Waals surface area contributed by atoms with Crippen LogP contribution in [0.15, 0.2) is 53.4 Å². The summed E-state index contributed by atoms with van der Waals surface area (Å²) in [7, 11) is 0. The Morgan fingerprint density at radius 3 is 2.48 bits per heavy atom.